The van der Waals surface area contributed by atoms with Gasteiger partial charge in [-0.3, -0.25) is 0 Å². The van der Waals surface area contributed by atoms with E-state index in [2.05, 4.69) is 21.7 Å². The molecule has 0 aromatic carbocycles. The van der Waals surface area contributed by atoms with Crippen LogP contribution in [0.2, 0.25) is 0 Å². The van der Waals surface area contributed by atoms with Crippen molar-refractivity contribution in [1.29, 1.82) is 5.26 Å². The normalized spacial score (nSPS) is 19.8. The van der Waals surface area contributed by atoms with E-state index < -0.39 is 0 Å². The van der Waals surface area contributed by atoms with E-state index in [9.17, 15) is 0 Å². The average molecular weight is 202 g/mol. The Morgan fingerprint density at radius 2 is 2.53 bits per heavy atom. The summed E-state index contributed by atoms with van der Waals surface area (Å²) in [5, 5.41) is 15.2. The van der Waals surface area contributed by atoms with E-state index in [1.807, 2.05) is 6.07 Å². The molecule has 0 bridgehead atoms. The molecular formula is C11H14N4. The molecule has 4 heteroatoms. The molecule has 0 aliphatic carbocycles. The molecule has 1 unspecified atom stereocenters. The van der Waals surface area contributed by atoms with Crippen LogP contribution in [0.1, 0.15) is 12.0 Å². The van der Waals surface area contributed by atoms with Gasteiger partial charge in [-0.05, 0) is 37.6 Å². The molecule has 0 radical (unpaired) electrons. The Bertz CT molecular complexity index is 346. The minimum Gasteiger partial charge on any atom is -0.370 e. The number of anilines is 1. The lowest BCUT2D eigenvalue weighted by Gasteiger charge is -2.10. The minimum atomic E-state index is 0.600. The summed E-state index contributed by atoms with van der Waals surface area (Å²) in [6.07, 6.45) is 2.82. The molecule has 1 aromatic heterocycles. The zero-order chi connectivity index (χ0) is 10.5. The molecule has 2 N–H and O–H groups in total. The predicted molar refractivity (Wildman–Crippen MR) is 58.4 cm³/mol. The molecule has 1 aliphatic heterocycles. The fourth-order valence-electron chi connectivity index (χ4n) is 1.70. The number of nitrogens with one attached hydrogen (secondary N) is 2. The highest BCUT2D eigenvalue weighted by molar-refractivity contribution is 5.38. The van der Waals surface area contributed by atoms with Gasteiger partial charge >= 0.3 is 0 Å². The van der Waals surface area contributed by atoms with Crippen molar-refractivity contribution in [2.75, 3.05) is 25.0 Å². The summed E-state index contributed by atoms with van der Waals surface area (Å²) in [7, 11) is 0. The third kappa shape index (κ3) is 2.67. The number of aromatic nitrogens is 1. The standard InChI is InChI=1S/C11H14N4/c12-5-9-1-2-11(14-7-9)15-8-10-3-4-13-6-10/h1-2,7,10,13H,3-4,6,8H2,(H,14,15). The zero-order valence-corrected chi connectivity index (χ0v) is 8.53. The SMILES string of the molecule is N#Cc1ccc(NCC2CCNC2)nc1. The molecule has 1 aliphatic rings. The fourth-order valence-corrected chi connectivity index (χ4v) is 1.70. The van der Waals surface area contributed by atoms with Crippen molar-refractivity contribution in [1.82, 2.24) is 10.3 Å². The van der Waals surface area contributed by atoms with E-state index in [0.29, 0.717) is 11.5 Å². The second-order valence-corrected chi connectivity index (χ2v) is 3.78. The van der Waals surface area contributed by atoms with Gasteiger partial charge in [0.25, 0.3) is 0 Å². The van der Waals surface area contributed by atoms with Crippen LogP contribution in [0.4, 0.5) is 5.82 Å². The van der Waals surface area contributed by atoms with E-state index in [4.69, 9.17) is 5.26 Å². The molecule has 1 saturated heterocycles. The Morgan fingerprint density at radius 1 is 1.60 bits per heavy atom. The average Bonchev–Trinajstić information content (AvgIpc) is 2.80. The van der Waals surface area contributed by atoms with Crippen molar-refractivity contribution >= 4 is 5.82 Å². The molecule has 78 valence electrons. The van der Waals surface area contributed by atoms with Crippen molar-refractivity contribution < 1.29 is 0 Å². The van der Waals surface area contributed by atoms with Gasteiger partial charge in [0.1, 0.15) is 11.9 Å². The molecule has 0 amide bonds. The van der Waals surface area contributed by atoms with Crippen LogP contribution in [0.25, 0.3) is 0 Å². The molecule has 2 heterocycles. The molecule has 4 nitrogen and oxygen atoms in total. The van der Waals surface area contributed by atoms with E-state index in [1.54, 1.807) is 12.3 Å². The molecular weight excluding hydrogens is 188 g/mol. The predicted octanol–water partition coefficient (Wildman–Crippen LogP) is 0.975. The summed E-state index contributed by atoms with van der Waals surface area (Å²) in [6.45, 7) is 3.16. The Morgan fingerprint density at radius 3 is 3.13 bits per heavy atom. The number of nitrogens with zero attached hydrogens (tertiary/aromatic N) is 2. The monoisotopic (exact) mass is 202 g/mol. The van der Waals surface area contributed by atoms with Crippen LogP contribution in [0.3, 0.4) is 0 Å². The van der Waals surface area contributed by atoms with E-state index in [1.165, 1.54) is 6.42 Å². The lowest BCUT2D eigenvalue weighted by Crippen LogP contribution is -2.17. The van der Waals surface area contributed by atoms with Crippen molar-refractivity contribution in [3.8, 4) is 6.07 Å². The Hall–Kier alpha value is -1.60. The van der Waals surface area contributed by atoms with Gasteiger partial charge in [0, 0.05) is 12.7 Å². The van der Waals surface area contributed by atoms with E-state index in [-0.39, 0.29) is 0 Å². The summed E-state index contributed by atoms with van der Waals surface area (Å²) in [5.74, 6) is 1.54. The Labute approximate surface area is 89.3 Å². The summed E-state index contributed by atoms with van der Waals surface area (Å²) in [5.41, 5.74) is 0.600. The number of hydrogen-bond acceptors (Lipinski definition) is 4. The van der Waals surface area contributed by atoms with Crippen LogP contribution in [0.15, 0.2) is 18.3 Å². The lowest BCUT2D eigenvalue weighted by atomic mass is 10.1. The van der Waals surface area contributed by atoms with Gasteiger partial charge in [0.05, 0.1) is 5.56 Å². The molecule has 1 aromatic rings. The van der Waals surface area contributed by atoms with Gasteiger partial charge in [0.2, 0.25) is 0 Å². The third-order valence-corrected chi connectivity index (χ3v) is 2.63. The van der Waals surface area contributed by atoms with Crippen molar-refractivity contribution in [3.05, 3.63) is 23.9 Å². The first-order chi connectivity index (χ1) is 7.38. The topological polar surface area (TPSA) is 60.7 Å². The molecule has 0 spiro atoms. The maximum Gasteiger partial charge on any atom is 0.125 e. The van der Waals surface area contributed by atoms with Gasteiger partial charge in [-0.25, -0.2) is 4.98 Å². The first-order valence-corrected chi connectivity index (χ1v) is 5.19. The molecule has 0 saturated carbocycles. The van der Waals surface area contributed by atoms with Crippen molar-refractivity contribution in [2.24, 2.45) is 5.92 Å². The maximum absolute atomic E-state index is 8.61. The summed E-state index contributed by atoms with van der Waals surface area (Å²) in [6, 6.07) is 5.68. The van der Waals surface area contributed by atoms with Crippen molar-refractivity contribution in [2.45, 2.75) is 6.42 Å². The Balaban J connectivity index is 1.85. The summed E-state index contributed by atoms with van der Waals surface area (Å²) in [4.78, 5) is 4.16. The zero-order valence-electron chi connectivity index (χ0n) is 8.53. The molecule has 1 fully saturated rings. The van der Waals surface area contributed by atoms with Gasteiger partial charge in [0.15, 0.2) is 0 Å². The first-order valence-electron chi connectivity index (χ1n) is 5.19. The van der Waals surface area contributed by atoms with Gasteiger partial charge < -0.3 is 10.6 Å². The summed E-state index contributed by atoms with van der Waals surface area (Å²) >= 11 is 0. The lowest BCUT2D eigenvalue weighted by molar-refractivity contribution is 0.614. The van der Waals surface area contributed by atoms with E-state index in [0.717, 1.165) is 25.5 Å². The fraction of sp³-hybridized carbons (Fsp3) is 0.455. The van der Waals surface area contributed by atoms with E-state index >= 15 is 0 Å². The third-order valence-electron chi connectivity index (χ3n) is 2.63. The van der Waals surface area contributed by atoms with Crippen LogP contribution < -0.4 is 10.6 Å². The van der Waals surface area contributed by atoms with Gasteiger partial charge in [-0.15, -0.1) is 0 Å². The quantitative estimate of drug-likeness (QED) is 0.767. The van der Waals surface area contributed by atoms with Crippen molar-refractivity contribution in [3.63, 3.8) is 0 Å². The molecule has 1 atom stereocenters. The Kier molecular flexibility index (Phi) is 3.15. The maximum atomic E-state index is 8.61. The van der Waals surface area contributed by atoms with Crippen LogP contribution in [0.5, 0.6) is 0 Å². The molecule has 15 heavy (non-hydrogen) atoms. The van der Waals surface area contributed by atoms with Gasteiger partial charge in [-0.1, -0.05) is 0 Å². The second kappa shape index (κ2) is 4.76. The smallest absolute Gasteiger partial charge is 0.125 e. The number of pyridine rings is 1. The number of hydrogen-bond donors (Lipinski definition) is 2. The first kappa shape index (κ1) is 9.94. The summed E-state index contributed by atoms with van der Waals surface area (Å²) < 4.78 is 0. The van der Waals surface area contributed by atoms with Crippen LogP contribution >= 0.6 is 0 Å². The molecule has 2 rings (SSSR count). The highest BCUT2D eigenvalue weighted by Crippen LogP contribution is 2.09. The number of rotatable bonds is 3. The largest absolute Gasteiger partial charge is 0.370 e. The highest BCUT2D eigenvalue weighted by atomic mass is 15.0. The second-order valence-electron chi connectivity index (χ2n) is 3.78. The van der Waals surface area contributed by atoms with Gasteiger partial charge in [-0.2, -0.15) is 5.26 Å². The van der Waals surface area contributed by atoms with Crippen LogP contribution in [-0.4, -0.2) is 24.6 Å². The van der Waals surface area contributed by atoms with Crippen LogP contribution in [0, 0.1) is 17.2 Å². The highest BCUT2D eigenvalue weighted by Gasteiger charge is 2.13. The number of nitriles is 1. The minimum absolute atomic E-state index is 0.600. The van der Waals surface area contributed by atoms with Crippen LogP contribution in [-0.2, 0) is 0 Å².